The fraction of sp³-hybridized carbons (Fsp3) is 0.154. The number of nitrogens with one attached hydrogen (secondary N) is 1. The zero-order chi connectivity index (χ0) is 15.1. The molecule has 0 fully saturated rings. The first kappa shape index (κ1) is 13.7. The van der Waals surface area contributed by atoms with Crippen LogP contribution in [-0.4, -0.2) is 28.5 Å². The standard InChI is InChI=1S/C13H12N4O3S/c1-7-10-11(17(2)16-7)13(18)15-12(14-10)8-4-3-5-9(6-8)21(19)20/h3-6H,1-2H3,(H,19,20)(H,14,15,18). The highest BCUT2D eigenvalue weighted by atomic mass is 32.2. The maximum absolute atomic E-state index is 12.2. The molecule has 0 aliphatic rings. The average molecular weight is 304 g/mol. The third-order valence-electron chi connectivity index (χ3n) is 3.17. The number of aryl methyl sites for hydroxylation is 2. The van der Waals surface area contributed by atoms with Crippen LogP contribution in [0.15, 0.2) is 34.0 Å². The van der Waals surface area contributed by atoms with Crippen molar-refractivity contribution in [2.45, 2.75) is 11.8 Å². The second-order valence-electron chi connectivity index (χ2n) is 4.60. The predicted octanol–water partition coefficient (Wildman–Crippen LogP) is 1.21. The third-order valence-corrected chi connectivity index (χ3v) is 3.83. The number of hydrogen-bond acceptors (Lipinski definition) is 4. The summed E-state index contributed by atoms with van der Waals surface area (Å²) in [5.41, 5.74) is 1.84. The Morgan fingerprint density at radius 3 is 2.86 bits per heavy atom. The van der Waals surface area contributed by atoms with E-state index in [1.54, 1.807) is 26.1 Å². The second kappa shape index (κ2) is 4.90. The Labute approximate surface area is 121 Å². The van der Waals surface area contributed by atoms with Gasteiger partial charge in [-0.3, -0.25) is 9.48 Å². The molecule has 0 bridgehead atoms. The van der Waals surface area contributed by atoms with Gasteiger partial charge < -0.3 is 9.54 Å². The largest absolute Gasteiger partial charge is 0.305 e. The first-order valence-corrected chi connectivity index (χ1v) is 7.23. The van der Waals surface area contributed by atoms with Gasteiger partial charge in [0.15, 0.2) is 16.6 Å². The van der Waals surface area contributed by atoms with Crippen LogP contribution in [-0.2, 0) is 18.1 Å². The Kier molecular flexibility index (Phi) is 3.19. The molecule has 7 nitrogen and oxygen atoms in total. The summed E-state index contributed by atoms with van der Waals surface area (Å²) >= 11 is -2.08. The molecule has 0 amide bonds. The van der Waals surface area contributed by atoms with E-state index in [1.807, 2.05) is 0 Å². The highest BCUT2D eigenvalue weighted by Gasteiger charge is 2.13. The van der Waals surface area contributed by atoms with Gasteiger partial charge in [0.05, 0.1) is 10.6 Å². The SMILES string of the molecule is Cc1nn(C)c2c(=O)[nH]c(-c3cccc(S(=O)O)c3)nc12. The number of rotatable bonds is 2. The van der Waals surface area contributed by atoms with E-state index >= 15 is 0 Å². The van der Waals surface area contributed by atoms with Crippen molar-refractivity contribution in [3.63, 3.8) is 0 Å². The van der Waals surface area contributed by atoms with Crippen molar-refractivity contribution in [2.75, 3.05) is 0 Å². The molecule has 108 valence electrons. The van der Waals surface area contributed by atoms with Crippen LogP contribution in [0.4, 0.5) is 0 Å². The van der Waals surface area contributed by atoms with Gasteiger partial charge in [-0.15, -0.1) is 0 Å². The number of fused-ring (bicyclic) bond motifs is 1. The van der Waals surface area contributed by atoms with Gasteiger partial charge in [0.2, 0.25) is 0 Å². The Hall–Kier alpha value is -2.32. The van der Waals surface area contributed by atoms with Crippen LogP contribution < -0.4 is 5.56 Å². The number of benzene rings is 1. The van der Waals surface area contributed by atoms with E-state index in [1.165, 1.54) is 16.8 Å². The maximum Gasteiger partial charge on any atom is 0.277 e. The summed E-state index contributed by atoms with van der Waals surface area (Å²) in [4.78, 5) is 19.5. The number of nitrogens with zero attached hydrogens (tertiary/aromatic N) is 3. The molecule has 0 radical (unpaired) electrons. The lowest BCUT2D eigenvalue weighted by atomic mass is 10.2. The van der Waals surface area contributed by atoms with Gasteiger partial charge in [-0.2, -0.15) is 5.10 Å². The maximum atomic E-state index is 12.2. The minimum atomic E-state index is -2.08. The first-order chi connectivity index (χ1) is 9.97. The lowest BCUT2D eigenvalue weighted by Crippen LogP contribution is -2.12. The van der Waals surface area contributed by atoms with Crippen LogP contribution >= 0.6 is 0 Å². The Morgan fingerprint density at radius 2 is 2.14 bits per heavy atom. The molecule has 1 aromatic carbocycles. The molecule has 2 heterocycles. The molecule has 1 unspecified atom stereocenters. The molecule has 0 aliphatic carbocycles. The molecule has 0 aliphatic heterocycles. The van der Waals surface area contributed by atoms with Crippen molar-refractivity contribution in [1.82, 2.24) is 19.7 Å². The van der Waals surface area contributed by atoms with Gasteiger partial charge in [0.25, 0.3) is 5.56 Å². The molecule has 0 saturated heterocycles. The third kappa shape index (κ3) is 2.28. The Balaban J connectivity index is 2.26. The van der Waals surface area contributed by atoms with Crippen LogP contribution in [0.3, 0.4) is 0 Å². The van der Waals surface area contributed by atoms with E-state index in [9.17, 15) is 9.00 Å². The Bertz CT molecular complexity index is 929. The van der Waals surface area contributed by atoms with Gasteiger partial charge in [0.1, 0.15) is 11.3 Å². The summed E-state index contributed by atoms with van der Waals surface area (Å²) in [5, 5.41) is 4.18. The second-order valence-corrected chi connectivity index (χ2v) is 5.57. The number of aromatic nitrogens is 4. The van der Waals surface area contributed by atoms with Crippen molar-refractivity contribution in [3.8, 4) is 11.4 Å². The summed E-state index contributed by atoms with van der Waals surface area (Å²) in [6.07, 6.45) is 0. The van der Waals surface area contributed by atoms with Crippen molar-refractivity contribution < 1.29 is 8.76 Å². The smallest absolute Gasteiger partial charge is 0.277 e. The molecule has 0 spiro atoms. The summed E-state index contributed by atoms with van der Waals surface area (Å²) in [7, 11) is 1.68. The number of H-pyrrole nitrogens is 1. The van der Waals surface area contributed by atoms with E-state index < -0.39 is 11.1 Å². The molecule has 3 aromatic rings. The van der Waals surface area contributed by atoms with E-state index in [4.69, 9.17) is 4.55 Å². The topological polar surface area (TPSA) is 101 Å². The number of aromatic amines is 1. The van der Waals surface area contributed by atoms with Crippen LogP contribution in [0.5, 0.6) is 0 Å². The molecule has 21 heavy (non-hydrogen) atoms. The van der Waals surface area contributed by atoms with Gasteiger partial charge in [-0.05, 0) is 19.1 Å². The van der Waals surface area contributed by atoms with Crippen LogP contribution in [0, 0.1) is 6.92 Å². The van der Waals surface area contributed by atoms with E-state index in [0.29, 0.717) is 28.1 Å². The van der Waals surface area contributed by atoms with Gasteiger partial charge in [0, 0.05) is 12.6 Å². The number of hydrogen-bond donors (Lipinski definition) is 2. The molecule has 0 saturated carbocycles. The van der Waals surface area contributed by atoms with E-state index in [0.717, 1.165) is 0 Å². The Morgan fingerprint density at radius 1 is 1.38 bits per heavy atom. The van der Waals surface area contributed by atoms with Gasteiger partial charge >= 0.3 is 0 Å². The summed E-state index contributed by atoms with van der Waals surface area (Å²) in [6.45, 7) is 1.78. The molecule has 8 heteroatoms. The molecular formula is C13H12N4O3S. The molecule has 1 atom stereocenters. The lowest BCUT2D eigenvalue weighted by molar-refractivity contribution is 0.564. The summed E-state index contributed by atoms with van der Waals surface area (Å²) < 4.78 is 21.7. The minimum Gasteiger partial charge on any atom is -0.305 e. The summed E-state index contributed by atoms with van der Waals surface area (Å²) in [5.74, 6) is 0.343. The monoisotopic (exact) mass is 304 g/mol. The predicted molar refractivity (Wildman–Crippen MR) is 78.3 cm³/mol. The normalized spacial score (nSPS) is 12.7. The van der Waals surface area contributed by atoms with Crippen molar-refractivity contribution in [1.29, 1.82) is 0 Å². The average Bonchev–Trinajstić information content (AvgIpc) is 2.74. The van der Waals surface area contributed by atoms with Gasteiger partial charge in [-0.25, -0.2) is 9.19 Å². The van der Waals surface area contributed by atoms with E-state index in [-0.39, 0.29) is 10.5 Å². The van der Waals surface area contributed by atoms with Gasteiger partial charge in [-0.1, -0.05) is 12.1 Å². The van der Waals surface area contributed by atoms with Crippen LogP contribution in [0.25, 0.3) is 22.4 Å². The minimum absolute atomic E-state index is 0.248. The van der Waals surface area contributed by atoms with E-state index in [2.05, 4.69) is 15.1 Å². The fourth-order valence-corrected chi connectivity index (χ4v) is 2.65. The van der Waals surface area contributed by atoms with Crippen LogP contribution in [0.1, 0.15) is 5.69 Å². The highest BCUT2D eigenvalue weighted by Crippen LogP contribution is 2.20. The molecular weight excluding hydrogens is 292 g/mol. The molecule has 2 aromatic heterocycles. The molecule has 3 rings (SSSR count). The van der Waals surface area contributed by atoms with Crippen molar-refractivity contribution in [3.05, 3.63) is 40.3 Å². The van der Waals surface area contributed by atoms with Crippen molar-refractivity contribution >= 4 is 22.1 Å². The molecule has 2 N–H and O–H groups in total. The highest BCUT2D eigenvalue weighted by molar-refractivity contribution is 7.79. The zero-order valence-corrected chi connectivity index (χ0v) is 12.1. The van der Waals surface area contributed by atoms with Crippen LogP contribution in [0.2, 0.25) is 0 Å². The quantitative estimate of drug-likeness (QED) is 0.693. The fourth-order valence-electron chi connectivity index (χ4n) is 2.23. The zero-order valence-electron chi connectivity index (χ0n) is 11.3. The first-order valence-electron chi connectivity index (χ1n) is 6.12. The summed E-state index contributed by atoms with van der Waals surface area (Å²) in [6, 6.07) is 6.41. The van der Waals surface area contributed by atoms with Crippen molar-refractivity contribution in [2.24, 2.45) is 7.05 Å². The lowest BCUT2D eigenvalue weighted by Gasteiger charge is -2.03.